The van der Waals surface area contributed by atoms with E-state index in [0.717, 1.165) is 6.07 Å². The summed E-state index contributed by atoms with van der Waals surface area (Å²) in [4.78, 5) is 10.7. The molecule has 2 saturated heterocycles. The number of hydrogen-bond acceptors (Lipinski definition) is 8. The van der Waals surface area contributed by atoms with Crippen LogP contribution in [0.5, 0.6) is 0 Å². The maximum atomic E-state index is 11.4. The Kier molecular flexibility index (Phi) is 4.67. The van der Waals surface area contributed by atoms with Crippen LogP contribution in [-0.4, -0.2) is 16.6 Å². The number of hydrogen-bond donors (Lipinski definition) is 1. The van der Waals surface area contributed by atoms with Crippen molar-refractivity contribution in [3.63, 3.8) is 0 Å². The average Bonchev–Trinajstić information content (AvgIpc) is 2.97. The first kappa shape index (κ1) is 21.3. The summed E-state index contributed by atoms with van der Waals surface area (Å²) in [6.45, 7) is 1.52. The average molecular weight is 448 g/mol. The zero-order valence-corrected chi connectivity index (χ0v) is 17.3. The second kappa shape index (κ2) is 7.03. The van der Waals surface area contributed by atoms with Gasteiger partial charge in [-0.25, -0.2) is 0 Å². The Morgan fingerprint density at radius 3 is 2.31 bits per heavy atom. The van der Waals surface area contributed by atoms with Crippen LogP contribution in [0.1, 0.15) is 30.1 Å². The van der Waals surface area contributed by atoms with Crippen LogP contribution >= 0.6 is 11.6 Å². The summed E-state index contributed by atoms with van der Waals surface area (Å²) in [5, 5.41) is 50.7. The second-order valence-electron chi connectivity index (χ2n) is 7.71. The normalized spacial score (nSPS) is 29.8. The Morgan fingerprint density at radius 1 is 1.09 bits per heavy atom. The SMILES string of the molecule is CC12OC(=N)C(C#N)(C1c1ccccc1)C(C#N)(C#N)C(c1ccc(Cl)c([N+](=O)[O-])c1)O2. The number of halogens is 1. The van der Waals surface area contributed by atoms with E-state index in [1.807, 2.05) is 18.2 Å². The third-order valence-corrected chi connectivity index (χ3v) is 6.44. The molecule has 4 atom stereocenters. The van der Waals surface area contributed by atoms with Crippen LogP contribution in [0.25, 0.3) is 0 Å². The predicted octanol–water partition coefficient (Wildman–Crippen LogP) is 4.37. The lowest BCUT2D eigenvalue weighted by Crippen LogP contribution is -2.57. The number of nitrogens with one attached hydrogen (secondary N) is 1. The van der Waals surface area contributed by atoms with Crippen molar-refractivity contribution in [1.29, 1.82) is 21.2 Å². The molecule has 2 aromatic rings. The molecule has 0 aromatic heterocycles. The van der Waals surface area contributed by atoms with E-state index in [2.05, 4.69) is 0 Å². The monoisotopic (exact) mass is 447 g/mol. The summed E-state index contributed by atoms with van der Waals surface area (Å²) in [5.74, 6) is -3.14. The van der Waals surface area contributed by atoms with E-state index in [4.69, 9.17) is 26.5 Å². The molecular weight excluding hydrogens is 434 g/mol. The van der Waals surface area contributed by atoms with Crippen LogP contribution in [0, 0.1) is 60.3 Å². The van der Waals surface area contributed by atoms with Crippen molar-refractivity contribution in [3.05, 3.63) is 74.8 Å². The van der Waals surface area contributed by atoms with Crippen molar-refractivity contribution in [1.82, 2.24) is 0 Å². The minimum Gasteiger partial charge on any atom is -0.447 e. The largest absolute Gasteiger partial charge is 0.447 e. The highest BCUT2D eigenvalue weighted by molar-refractivity contribution is 6.32. The molecule has 0 spiro atoms. The number of nitro benzene ring substituents is 1. The standard InChI is InChI=1S/C22H14ClN5O4/c1-20-17(13-5-3-2-4-6-13)22(12-26,19(27)32-20)21(10-24,11-25)18(31-20)14-7-8-15(23)16(9-14)28(29)30/h2-9,17-18,27H,1H3. The molecule has 0 radical (unpaired) electrons. The van der Waals surface area contributed by atoms with Gasteiger partial charge in [0.25, 0.3) is 5.69 Å². The molecule has 158 valence electrons. The van der Waals surface area contributed by atoms with E-state index in [9.17, 15) is 25.9 Å². The zero-order valence-electron chi connectivity index (χ0n) is 16.6. The van der Waals surface area contributed by atoms with E-state index >= 15 is 0 Å². The lowest BCUT2D eigenvalue weighted by atomic mass is 9.52. The first-order valence-electron chi connectivity index (χ1n) is 9.39. The van der Waals surface area contributed by atoms with Crippen LogP contribution in [0.15, 0.2) is 48.5 Å². The van der Waals surface area contributed by atoms with Gasteiger partial charge in [0, 0.05) is 13.0 Å². The van der Waals surface area contributed by atoms with Gasteiger partial charge >= 0.3 is 0 Å². The van der Waals surface area contributed by atoms with Gasteiger partial charge in [-0.1, -0.05) is 48.0 Å². The maximum absolute atomic E-state index is 11.4. The molecular formula is C22H14ClN5O4. The third-order valence-electron chi connectivity index (χ3n) is 6.12. The van der Waals surface area contributed by atoms with Crippen LogP contribution in [0.3, 0.4) is 0 Å². The number of nitriles is 3. The highest BCUT2D eigenvalue weighted by Gasteiger charge is 2.79. The molecule has 4 unspecified atom stereocenters. The summed E-state index contributed by atoms with van der Waals surface area (Å²) in [6, 6.07) is 18.2. The summed E-state index contributed by atoms with van der Waals surface area (Å²) >= 11 is 5.92. The number of fused-ring (bicyclic) bond motifs is 2. The molecule has 9 nitrogen and oxygen atoms in total. The summed E-state index contributed by atoms with van der Waals surface area (Å²) in [6.07, 6.45) is -1.43. The van der Waals surface area contributed by atoms with Crippen molar-refractivity contribution in [2.45, 2.75) is 24.7 Å². The highest BCUT2D eigenvalue weighted by Crippen LogP contribution is 2.69. The van der Waals surface area contributed by atoms with E-state index < -0.39 is 45.1 Å². The maximum Gasteiger partial charge on any atom is 0.288 e. The number of benzene rings is 2. The molecule has 0 saturated carbocycles. The molecule has 2 heterocycles. The van der Waals surface area contributed by atoms with Gasteiger partial charge in [0.2, 0.25) is 17.1 Å². The molecule has 1 N–H and O–H groups in total. The second-order valence-corrected chi connectivity index (χ2v) is 8.12. The lowest BCUT2D eigenvalue weighted by molar-refractivity contribution is -0.384. The zero-order chi connectivity index (χ0) is 23.3. The summed E-state index contributed by atoms with van der Waals surface area (Å²) in [5.41, 5.74) is -4.09. The fourth-order valence-electron chi connectivity index (χ4n) is 4.77. The Morgan fingerprint density at radius 2 is 1.75 bits per heavy atom. The van der Waals surface area contributed by atoms with Gasteiger partial charge in [-0.2, -0.15) is 15.8 Å². The van der Waals surface area contributed by atoms with Crippen molar-refractivity contribution < 1.29 is 14.4 Å². The van der Waals surface area contributed by atoms with Gasteiger partial charge in [0.1, 0.15) is 11.1 Å². The van der Waals surface area contributed by atoms with Gasteiger partial charge < -0.3 is 9.47 Å². The van der Waals surface area contributed by atoms with E-state index in [-0.39, 0.29) is 10.6 Å². The Bertz CT molecular complexity index is 1260. The number of nitrogens with zero attached hydrogens (tertiary/aromatic N) is 4. The van der Waals surface area contributed by atoms with Crippen LogP contribution in [0.4, 0.5) is 5.69 Å². The minimum atomic E-state index is -2.25. The number of nitro groups is 1. The fourth-order valence-corrected chi connectivity index (χ4v) is 4.95. The van der Waals surface area contributed by atoms with Crippen molar-refractivity contribution in [2.24, 2.45) is 10.8 Å². The Hall–Kier alpha value is -3.97. The number of ether oxygens (including phenoxy) is 2. The Labute approximate surface area is 187 Å². The van der Waals surface area contributed by atoms with Crippen LogP contribution in [-0.2, 0) is 9.47 Å². The first-order valence-corrected chi connectivity index (χ1v) is 9.77. The minimum absolute atomic E-state index is 0.0971. The highest BCUT2D eigenvalue weighted by atomic mass is 35.5. The topological polar surface area (TPSA) is 157 Å². The van der Waals surface area contributed by atoms with Gasteiger partial charge in [0.15, 0.2) is 5.41 Å². The van der Waals surface area contributed by atoms with Crippen LogP contribution in [0.2, 0.25) is 5.02 Å². The predicted molar refractivity (Wildman–Crippen MR) is 110 cm³/mol. The van der Waals surface area contributed by atoms with Gasteiger partial charge in [-0.15, -0.1) is 0 Å². The smallest absolute Gasteiger partial charge is 0.288 e. The molecule has 2 aliphatic rings. The molecule has 32 heavy (non-hydrogen) atoms. The first-order chi connectivity index (χ1) is 15.2. The fraction of sp³-hybridized carbons (Fsp3) is 0.273. The molecule has 2 fully saturated rings. The molecule has 2 aromatic carbocycles. The van der Waals surface area contributed by atoms with Crippen LogP contribution < -0.4 is 0 Å². The third kappa shape index (κ3) is 2.48. The molecule has 0 amide bonds. The van der Waals surface area contributed by atoms with Gasteiger partial charge in [-0.3, -0.25) is 15.5 Å². The van der Waals surface area contributed by atoms with Crippen molar-refractivity contribution in [3.8, 4) is 18.2 Å². The molecule has 10 heteroatoms. The molecule has 4 rings (SSSR count). The number of rotatable bonds is 3. The summed E-state index contributed by atoms with van der Waals surface area (Å²) < 4.78 is 11.9. The van der Waals surface area contributed by atoms with Crippen molar-refractivity contribution in [2.75, 3.05) is 0 Å². The molecule has 0 aliphatic carbocycles. The summed E-state index contributed by atoms with van der Waals surface area (Å²) in [7, 11) is 0. The van der Waals surface area contributed by atoms with E-state index in [1.165, 1.54) is 19.1 Å². The van der Waals surface area contributed by atoms with Gasteiger partial charge in [0.05, 0.1) is 29.0 Å². The molecule has 2 aliphatic heterocycles. The van der Waals surface area contributed by atoms with E-state index in [1.54, 1.807) is 30.3 Å². The van der Waals surface area contributed by atoms with Gasteiger partial charge in [-0.05, 0) is 17.2 Å². The van der Waals surface area contributed by atoms with Crippen molar-refractivity contribution >= 4 is 23.2 Å². The molecule has 2 bridgehead atoms. The lowest BCUT2D eigenvalue weighted by Gasteiger charge is -2.48. The Balaban J connectivity index is 2.03. The van der Waals surface area contributed by atoms with E-state index in [0.29, 0.717) is 5.56 Å². The quantitative estimate of drug-likeness (QED) is 0.540.